The Balaban J connectivity index is 0.00000120. The number of hydrogen-bond donors (Lipinski definition) is 2. The lowest BCUT2D eigenvalue weighted by atomic mass is 9.94. The summed E-state index contributed by atoms with van der Waals surface area (Å²) < 4.78 is 0. The van der Waals surface area contributed by atoms with E-state index in [1.54, 1.807) is 0 Å². The summed E-state index contributed by atoms with van der Waals surface area (Å²) in [4.78, 5) is 4.32. The lowest BCUT2D eigenvalue weighted by molar-refractivity contribution is 0.585. The number of nitrogens with one attached hydrogen (secondary N) is 2. The van der Waals surface area contributed by atoms with Gasteiger partial charge in [0.25, 0.3) is 0 Å². The van der Waals surface area contributed by atoms with Crippen molar-refractivity contribution in [3.05, 3.63) is 41.1 Å². The topological polar surface area (TPSA) is 37.0 Å². The Bertz CT molecular complexity index is 494. The molecular formula is C14H19N3. The highest BCUT2D eigenvalue weighted by Gasteiger charge is 2.16. The van der Waals surface area contributed by atoms with Crippen LogP contribution < -0.4 is 10.6 Å². The molecule has 2 aliphatic heterocycles. The molecule has 17 heavy (non-hydrogen) atoms. The molecule has 1 aromatic rings. The minimum absolute atomic E-state index is 0. The predicted molar refractivity (Wildman–Crippen MR) is 72.9 cm³/mol. The van der Waals surface area contributed by atoms with E-state index in [1.807, 2.05) is 12.3 Å². The molecule has 0 fully saturated rings. The van der Waals surface area contributed by atoms with Crippen LogP contribution in [0.3, 0.4) is 0 Å². The highest BCUT2D eigenvalue weighted by atomic mass is 15.0. The van der Waals surface area contributed by atoms with Crippen LogP contribution >= 0.6 is 0 Å². The molecule has 0 bridgehead atoms. The van der Waals surface area contributed by atoms with Crippen LogP contribution in [0.25, 0.3) is 6.08 Å². The molecular weight excluding hydrogens is 210 g/mol. The van der Waals surface area contributed by atoms with Crippen LogP contribution in [0.2, 0.25) is 0 Å². The Morgan fingerprint density at radius 1 is 1.35 bits per heavy atom. The SMILES string of the molecule is C[C@@H]1C=C(C2=Cc3cccnc3NC2)CNC1.[HH]. The molecule has 0 aromatic carbocycles. The van der Waals surface area contributed by atoms with Gasteiger partial charge >= 0.3 is 0 Å². The monoisotopic (exact) mass is 229 g/mol. The van der Waals surface area contributed by atoms with E-state index >= 15 is 0 Å². The second-order valence-electron chi connectivity index (χ2n) is 4.76. The van der Waals surface area contributed by atoms with Crippen molar-refractivity contribution in [3.8, 4) is 0 Å². The Hall–Kier alpha value is -1.61. The van der Waals surface area contributed by atoms with Crippen molar-refractivity contribution < 1.29 is 1.43 Å². The van der Waals surface area contributed by atoms with Gasteiger partial charge in [-0.05, 0) is 35.3 Å². The van der Waals surface area contributed by atoms with Crippen LogP contribution in [0.5, 0.6) is 0 Å². The molecule has 3 heteroatoms. The first-order chi connectivity index (χ1) is 8.33. The summed E-state index contributed by atoms with van der Waals surface area (Å²) >= 11 is 0. The molecule has 0 saturated heterocycles. The quantitative estimate of drug-likeness (QED) is 0.776. The number of nitrogens with zero attached hydrogens (tertiary/aromatic N) is 1. The van der Waals surface area contributed by atoms with E-state index in [2.05, 4.69) is 40.8 Å². The number of anilines is 1. The Morgan fingerprint density at radius 2 is 2.29 bits per heavy atom. The second-order valence-corrected chi connectivity index (χ2v) is 4.76. The van der Waals surface area contributed by atoms with E-state index in [-0.39, 0.29) is 1.43 Å². The summed E-state index contributed by atoms with van der Waals surface area (Å²) in [5.74, 6) is 1.61. The third kappa shape index (κ3) is 2.11. The van der Waals surface area contributed by atoms with E-state index in [0.717, 1.165) is 25.5 Å². The maximum absolute atomic E-state index is 4.32. The Kier molecular flexibility index (Phi) is 2.69. The average Bonchev–Trinajstić information content (AvgIpc) is 2.38. The molecule has 0 unspecified atom stereocenters. The number of hydrogen-bond acceptors (Lipinski definition) is 3. The summed E-state index contributed by atoms with van der Waals surface area (Å²) in [6, 6.07) is 4.09. The fraction of sp³-hybridized carbons (Fsp3) is 0.357. The summed E-state index contributed by atoms with van der Waals surface area (Å²) in [5, 5.41) is 6.83. The molecule has 0 amide bonds. The standard InChI is InChI=1S/C14H17N3.H2/c1-10-5-12(8-15-7-10)13-6-11-3-2-4-16-14(11)17-9-13;/h2-6,10,15H,7-9H2,1H3,(H,16,17);1H/t10-;/m1./s1. The van der Waals surface area contributed by atoms with Crippen LogP contribution in [-0.2, 0) is 0 Å². The average molecular weight is 229 g/mol. The van der Waals surface area contributed by atoms with Crippen LogP contribution in [-0.4, -0.2) is 24.6 Å². The van der Waals surface area contributed by atoms with Gasteiger partial charge in [0.05, 0.1) is 0 Å². The van der Waals surface area contributed by atoms with Gasteiger partial charge in [-0.25, -0.2) is 4.98 Å². The minimum atomic E-state index is 0. The largest absolute Gasteiger partial charge is 0.365 e. The van der Waals surface area contributed by atoms with Crippen molar-refractivity contribution in [1.82, 2.24) is 10.3 Å². The molecule has 1 aromatic heterocycles. The van der Waals surface area contributed by atoms with Crippen molar-refractivity contribution in [2.75, 3.05) is 25.0 Å². The van der Waals surface area contributed by atoms with Crippen molar-refractivity contribution in [3.63, 3.8) is 0 Å². The first kappa shape index (κ1) is 10.5. The molecule has 0 aliphatic carbocycles. The number of aromatic nitrogens is 1. The zero-order valence-corrected chi connectivity index (χ0v) is 10.0. The Labute approximate surface area is 103 Å². The molecule has 0 saturated carbocycles. The van der Waals surface area contributed by atoms with Gasteiger partial charge in [0.2, 0.25) is 0 Å². The molecule has 2 N–H and O–H groups in total. The van der Waals surface area contributed by atoms with Crippen molar-refractivity contribution >= 4 is 11.9 Å². The first-order valence-corrected chi connectivity index (χ1v) is 6.14. The number of rotatable bonds is 1. The van der Waals surface area contributed by atoms with Gasteiger partial charge in [-0.2, -0.15) is 0 Å². The van der Waals surface area contributed by atoms with Crippen molar-refractivity contribution in [2.45, 2.75) is 6.92 Å². The summed E-state index contributed by atoms with van der Waals surface area (Å²) in [7, 11) is 0. The normalized spacial score (nSPS) is 23.2. The van der Waals surface area contributed by atoms with Crippen LogP contribution in [0, 0.1) is 5.92 Å². The first-order valence-electron chi connectivity index (χ1n) is 6.14. The molecule has 3 rings (SSSR count). The molecule has 90 valence electrons. The van der Waals surface area contributed by atoms with Gasteiger partial charge in [0, 0.05) is 32.8 Å². The zero-order chi connectivity index (χ0) is 11.7. The molecule has 2 aliphatic rings. The number of fused-ring (bicyclic) bond motifs is 1. The minimum Gasteiger partial charge on any atom is -0.365 e. The van der Waals surface area contributed by atoms with Gasteiger partial charge in [-0.1, -0.05) is 13.0 Å². The van der Waals surface area contributed by atoms with Gasteiger partial charge in [0.15, 0.2) is 0 Å². The van der Waals surface area contributed by atoms with Gasteiger partial charge in [-0.3, -0.25) is 0 Å². The van der Waals surface area contributed by atoms with Crippen molar-refractivity contribution in [1.29, 1.82) is 0 Å². The summed E-state index contributed by atoms with van der Waals surface area (Å²) in [6.07, 6.45) is 6.46. The molecule has 3 nitrogen and oxygen atoms in total. The highest BCUT2D eigenvalue weighted by molar-refractivity contribution is 5.72. The second kappa shape index (κ2) is 4.34. The maximum Gasteiger partial charge on any atom is 0.133 e. The molecule has 0 radical (unpaired) electrons. The van der Waals surface area contributed by atoms with Crippen LogP contribution in [0.15, 0.2) is 35.6 Å². The third-order valence-electron chi connectivity index (χ3n) is 3.29. The van der Waals surface area contributed by atoms with E-state index in [1.165, 1.54) is 16.7 Å². The fourth-order valence-electron chi connectivity index (χ4n) is 2.42. The Morgan fingerprint density at radius 3 is 3.18 bits per heavy atom. The third-order valence-corrected chi connectivity index (χ3v) is 3.29. The smallest absolute Gasteiger partial charge is 0.133 e. The molecule has 3 heterocycles. The van der Waals surface area contributed by atoms with E-state index < -0.39 is 0 Å². The van der Waals surface area contributed by atoms with Gasteiger partial charge in [-0.15, -0.1) is 0 Å². The summed E-state index contributed by atoms with van der Waals surface area (Å²) in [5.41, 5.74) is 3.99. The van der Waals surface area contributed by atoms with Gasteiger partial charge in [0.1, 0.15) is 5.82 Å². The summed E-state index contributed by atoms with van der Waals surface area (Å²) in [6.45, 7) is 5.19. The zero-order valence-electron chi connectivity index (χ0n) is 10.0. The lowest BCUT2D eigenvalue weighted by Gasteiger charge is -2.24. The van der Waals surface area contributed by atoms with Gasteiger partial charge < -0.3 is 10.6 Å². The highest BCUT2D eigenvalue weighted by Crippen LogP contribution is 2.26. The number of pyridine rings is 1. The predicted octanol–water partition coefficient (Wildman–Crippen LogP) is 2.30. The van der Waals surface area contributed by atoms with Crippen LogP contribution in [0.1, 0.15) is 13.9 Å². The van der Waals surface area contributed by atoms with Crippen LogP contribution in [0.4, 0.5) is 5.82 Å². The fourth-order valence-corrected chi connectivity index (χ4v) is 2.42. The van der Waals surface area contributed by atoms with Crippen molar-refractivity contribution in [2.24, 2.45) is 5.92 Å². The van der Waals surface area contributed by atoms with E-state index in [0.29, 0.717) is 5.92 Å². The van der Waals surface area contributed by atoms with E-state index in [9.17, 15) is 0 Å². The van der Waals surface area contributed by atoms with E-state index in [4.69, 9.17) is 0 Å². The molecule has 0 spiro atoms. The maximum atomic E-state index is 4.32. The molecule has 1 atom stereocenters. The lowest BCUT2D eigenvalue weighted by Crippen LogP contribution is -2.29.